The first kappa shape index (κ1) is 17.2. The fourth-order valence-corrected chi connectivity index (χ4v) is 4.75. The van der Waals surface area contributed by atoms with Gasteiger partial charge in [0.25, 0.3) is 0 Å². The number of carbonyl (C=O) groups excluding carboxylic acids is 1. The summed E-state index contributed by atoms with van der Waals surface area (Å²) in [5.74, 6) is 0.186. The molecule has 1 amide bonds. The summed E-state index contributed by atoms with van der Waals surface area (Å²) in [7, 11) is 0. The van der Waals surface area contributed by atoms with E-state index in [9.17, 15) is 4.79 Å². The van der Waals surface area contributed by atoms with E-state index in [2.05, 4.69) is 53.5 Å². The number of rotatable bonds is 3. The highest BCUT2D eigenvalue weighted by Crippen LogP contribution is 2.38. The highest BCUT2D eigenvalue weighted by molar-refractivity contribution is 6.16. The number of nitrogens with one attached hydrogen (secondary N) is 1. The Morgan fingerprint density at radius 3 is 2.63 bits per heavy atom. The molecule has 1 fully saturated rings. The molecule has 4 heteroatoms. The average molecular weight is 391 g/mol. The number of carbonyl (C=O) groups is 1. The fraction of sp³-hybridized carbons (Fsp3) is 0.154. The number of nitrogens with zero attached hydrogens (tertiary/aromatic N) is 2. The van der Waals surface area contributed by atoms with Gasteiger partial charge in [-0.1, -0.05) is 54.6 Å². The summed E-state index contributed by atoms with van der Waals surface area (Å²) in [6.45, 7) is 0.677. The Kier molecular flexibility index (Phi) is 3.85. The van der Waals surface area contributed by atoms with Gasteiger partial charge >= 0.3 is 0 Å². The molecule has 3 aromatic carbocycles. The van der Waals surface area contributed by atoms with Crippen LogP contribution in [-0.4, -0.2) is 16.6 Å². The molecule has 2 aliphatic heterocycles. The van der Waals surface area contributed by atoms with Gasteiger partial charge in [0.05, 0.1) is 24.0 Å². The van der Waals surface area contributed by atoms with Crippen LogP contribution in [0.1, 0.15) is 41.3 Å². The van der Waals surface area contributed by atoms with Gasteiger partial charge < -0.3 is 9.88 Å². The van der Waals surface area contributed by atoms with Crippen molar-refractivity contribution in [2.75, 3.05) is 4.90 Å². The van der Waals surface area contributed by atoms with Gasteiger partial charge in [-0.25, -0.2) is 0 Å². The number of aliphatic imine (C=N–C) groups is 1. The third-order valence-electron chi connectivity index (χ3n) is 6.22. The number of aromatic nitrogens is 1. The molecular formula is C26H21N3O. The van der Waals surface area contributed by atoms with E-state index in [-0.39, 0.29) is 11.9 Å². The third kappa shape index (κ3) is 2.68. The zero-order chi connectivity index (χ0) is 20.1. The number of amides is 1. The number of hydrogen-bond acceptors (Lipinski definition) is 2. The van der Waals surface area contributed by atoms with Crippen molar-refractivity contribution in [2.24, 2.45) is 4.99 Å². The molecule has 146 valence electrons. The number of fused-ring (bicyclic) bond motifs is 2. The highest BCUT2D eigenvalue weighted by Gasteiger charge is 2.34. The Morgan fingerprint density at radius 1 is 0.933 bits per heavy atom. The minimum absolute atomic E-state index is 0.0895. The smallest absolute Gasteiger partial charge is 0.227 e. The molecule has 1 aromatic heterocycles. The van der Waals surface area contributed by atoms with Crippen LogP contribution in [0.4, 0.5) is 5.69 Å². The van der Waals surface area contributed by atoms with E-state index in [0.717, 1.165) is 34.6 Å². The molecular weight excluding hydrogens is 370 g/mol. The average Bonchev–Trinajstić information content (AvgIpc) is 3.49. The van der Waals surface area contributed by atoms with E-state index in [0.29, 0.717) is 13.0 Å². The van der Waals surface area contributed by atoms with Crippen LogP contribution in [0, 0.1) is 0 Å². The molecule has 0 bridgehead atoms. The first-order valence-electron chi connectivity index (χ1n) is 10.4. The molecule has 1 N–H and O–H groups in total. The van der Waals surface area contributed by atoms with Crippen molar-refractivity contribution in [3.63, 3.8) is 0 Å². The van der Waals surface area contributed by atoms with Gasteiger partial charge in [-0.2, -0.15) is 0 Å². The minimum Gasteiger partial charge on any atom is -0.353 e. The van der Waals surface area contributed by atoms with Gasteiger partial charge in [0.15, 0.2) is 0 Å². The summed E-state index contributed by atoms with van der Waals surface area (Å²) in [4.78, 5) is 23.1. The highest BCUT2D eigenvalue weighted by atomic mass is 16.2. The lowest BCUT2D eigenvalue weighted by atomic mass is 10.0. The summed E-state index contributed by atoms with van der Waals surface area (Å²) in [6, 6.07) is 27.2. The molecule has 6 rings (SSSR count). The Balaban J connectivity index is 1.41. The number of H-pyrrole nitrogens is 1. The lowest BCUT2D eigenvalue weighted by Crippen LogP contribution is -2.27. The summed E-state index contributed by atoms with van der Waals surface area (Å²) in [6.07, 6.45) is 1.43. The Hall–Kier alpha value is -3.66. The van der Waals surface area contributed by atoms with E-state index in [4.69, 9.17) is 4.99 Å². The number of aromatic amines is 1. The number of para-hydroxylation sites is 1. The van der Waals surface area contributed by atoms with Crippen LogP contribution in [0.5, 0.6) is 0 Å². The second-order valence-electron chi connectivity index (χ2n) is 8.01. The van der Waals surface area contributed by atoms with E-state index < -0.39 is 0 Å². The van der Waals surface area contributed by atoms with Crippen molar-refractivity contribution in [1.29, 1.82) is 0 Å². The molecule has 1 saturated heterocycles. The number of anilines is 1. The molecule has 3 heterocycles. The molecule has 30 heavy (non-hydrogen) atoms. The van der Waals surface area contributed by atoms with Crippen molar-refractivity contribution in [3.05, 3.63) is 101 Å². The van der Waals surface area contributed by atoms with Gasteiger partial charge in [-0.05, 0) is 41.8 Å². The zero-order valence-electron chi connectivity index (χ0n) is 16.5. The van der Waals surface area contributed by atoms with E-state index in [1.807, 2.05) is 35.2 Å². The molecule has 0 unspecified atom stereocenters. The summed E-state index contributed by atoms with van der Waals surface area (Å²) >= 11 is 0. The van der Waals surface area contributed by atoms with Crippen LogP contribution in [0.2, 0.25) is 0 Å². The van der Waals surface area contributed by atoms with Crippen LogP contribution in [0.3, 0.4) is 0 Å². The molecule has 0 spiro atoms. The SMILES string of the molecule is O=C1CC[C@H](c2ccccc2)N1c1ccc2c(c1)C(c1cc3ccccc3[nH]1)=NC2. The van der Waals surface area contributed by atoms with Crippen molar-refractivity contribution < 1.29 is 4.79 Å². The van der Waals surface area contributed by atoms with Gasteiger partial charge in [0.2, 0.25) is 5.91 Å². The monoisotopic (exact) mass is 391 g/mol. The summed E-state index contributed by atoms with van der Waals surface area (Å²) in [5, 5.41) is 1.18. The van der Waals surface area contributed by atoms with Crippen molar-refractivity contribution in [3.8, 4) is 0 Å². The summed E-state index contributed by atoms with van der Waals surface area (Å²) in [5.41, 5.74) is 7.58. The largest absolute Gasteiger partial charge is 0.353 e. The van der Waals surface area contributed by atoms with Gasteiger partial charge in [0.1, 0.15) is 0 Å². The van der Waals surface area contributed by atoms with Crippen LogP contribution >= 0.6 is 0 Å². The molecule has 4 aromatic rings. The first-order valence-corrected chi connectivity index (χ1v) is 10.4. The van der Waals surface area contributed by atoms with Crippen molar-refractivity contribution in [2.45, 2.75) is 25.4 Å². The quantitative estimate of drug-likeness (QED) is 0.500. The van der Waals surface area contributed by atoms with Gasteiger partial charge in [-0.15, -0.1) is 0 Å². The molecule has 2 aliphatic rings. The molecule has 0 aliphatic carbocycles. The Bertz CT molecular complexity index is 1270. The topological polar surface area (TPSA) is 48.5 Å². The zero-order valence-corrected chi connectivity index (χ0v) is 16.5. The second kappa shape index (κ2) is 6.70. The number of hydrogen-bond donors (Lipinski definition) is 1. The van der Waals surface area contributed by atoms with Crippen LogP contribution in [0.25, 0.3) is 10.9 Å². The van der Waals surface area contributed by atoms with E-state index in [1.54, 1.807) is 0 Å². The second-order valence-corrected chi connectivity index (χ2v) is 8.01. The van der Waals surface area contributed by atoms with Crippen LogP contribution in [0.15, 0.2) is 83.9 Å². The molecule has 1 atom stereocenters. The van der Waals surface area contributed by atoms with Gasteiger partial charge in [-0.3, -0.25) is 9.79 Å². The normalized spacial score (nSPS) is 18.1. The van der Waals surface area contributed by atoms with Crippen LogP contribution < -0.4 is 4.90 Å². The van der Waals surface area contributed by atoms with Crippen molar-refractivity contribution in [1.82, 2.24) is 4.98 Å². The third-order valence-corrected chi connectivity index (χ3v) is 6.22. The van der Waals surface area contributed by atoms with E-state index >= 15 is 0 Å². The maximum Gasteiger partial charge on any atom is 0.227 e. The van der Waals surface area contributed by atoms with Crippen molar-refractivity contribution >= 4 is 28.2 Å². The maximum absolute atomic E-state index is 12.8. The maximum atomic E-state index is 12.8. The molecule has 0 radical (unpaired) electrons. The number of benzene rings is 3. The standard InChI is InChI=1S/C26H21N3O/c30-25-13-12-24(17-6-2-1-3-7-17)29(25)20-11-10-19-16-27-26(21(19)15-20)23-14-18-8-4-5-9-22(18)28-23/h1-11,14-15,24,28H,12-13,16H2/t24-/m1/s1. The van der Waals surface area contributed by atoms with Gasteiger partial charge in [0, 0.05) is 28.6 Å². The summed E-state index contributed by atoms with van der Waals surface area (Å²) < 4.78 is 0. The predicted octanol–water partition coefficient (Wildman–Crippen LogP) is 5.39. The Morgan fingerprint density at radius 2 is 1.77 bits per heavy atom. The molecule has 0 saturated carbocycles. The Labute approximate surface area is 174 Å². The predicted molar refractivity (Wildman–Crippen MR) is 120 cm³/mol. The lowest BCUT2D eigenvalue weighted by Gasteiger charge is -2.26. The molecule has 4 nitrogen and oxygen atoms in total. The van der Waals surface area contributed by atoms with Crippen LogP contribution in [-0.2, 0) is 11.3 Å². The fourth-order valence-electron chi connectivity index (χ4n) is 4.75. The lowest BCUT2D eigenvalue weighted by molar-refractivity contribution is -0.117. The first-order chi connectivity index (χ1) is 14.8. The van der Waals surface area contributed by atoms with E-state index in [1.165, 1.54) is 16.5 Å². The minimum atomic E-state index is 0.0895.